The molecule has 0 unspecified atom stereocenters. The molecule has 1 aromatic rings. The lowest BCUT2D eigenvalue weighted by Crippen LogP contribution is -2.45. The van der Waals surface area contributed by atoms with Crippen LogP contribution >= 0.6 is 11.3 Å². The molecule has 2 heterocycles. The molecule has 2 rings (SSSR count). The van der Waals surface area contributed by atoms with Gasteiger partial charge < -0.3 is 15.2 Å². The molecule has 114 valence electrons. The Hall–Kier alpha value is -0.760. The van der Waals surface area contributed by atoms with Gasteiger partial charge in [-0.1, -0.05) is 18.3 Å². The average molecular weight is 300 g/mol. The maximum absolute atomic E-state index is 10.5. The Balaban J connectivity index is 1.81. The molecule has 1 aromatic heterocycles. The monoisotopic (exact) mass is 300 g/mol. The van der Waals surface area contributed by atoms with Gasteiger partial charge in [-0.2, -0.15) is 0 Å². The average Bonchev–Trinajstić information content (AvgIpc) is 2.84. The molecule has 0 aliphatic carbocycles. The zero-order valence-electron chi connectivity index (χ0n) is 12.3. The Labute approximate surface area is 124 Å². The minimum Gasteiger partial charge on any atom is -0.388 e. The Morgan fingerprint density at radius 3 is 2.85 bits per heavy atom. The molecule has 0 radical (unpaired) electrons. The van der Waals surface area contributed by atoms with Gasteiger partial charge in [-0.15, -0.1) is 10.2 Å². The highest BCUT2D eigenvalue weighted by atomic mass is 32.1. The van der Waals surface area contributed by atoms with Crippen LogP contribution < -0.4 is 5.32 Å². The molecular weight excluding hydrogens is 276 g/mol. The number of anilines is 1. The van der Waals surface area contributed by atoms with Gasteiger partial charge in [0.1, 0.15) is 5.01 Å². The van der Waals surface area contributed by atoms with Crippen molar-refractivity contribution in [3.63, 3.8) is 0 Å². The third-order valence-corrected chi connectivity index (χ3v) is 4.25. The van der Waals surface area contributed by atoms with E-state index >= 15 is 0 Å². The number of ether oxygens (including phenoxy) is 1. The van der Waals surface area contributed by atoms with Crippen LogP contribution in [0.2, 0.25) is 0 Å². The third-order valence-electron chi connectivity index (χ3n) is 3.39. The summed E-state index contributed by atoms with van der Waals surface area (Å²) in [6, 6.07) is 0. The van der Waals surface area contributed by atoms with E-state index in [2.05, 4.69) is 27.3 Å². The SMILES string of the molecule is CCCNc1nnc(CN(C)CC2(O)CCOCC2)s1. The lowest BCUT2D eigenvalue weighted by Gasteiger charge is -2.35. The van der Waals surface area contributed by atoms with Crippen LogP contribution in [0, 0.1) is 0 Å². The van der Waals surface area contributed by atoms with E-state index in [-0.39, 0.29) is 0 Å². The number of likely N-dealkylation sites (N-methyl/N-ethyl adjacent to an activating group) is 1. The summed E-state index contributed by atoms with van der Waals surface area (Å²) < 4.78 is 5.30. The predicted octanol–water partition coefficient (Wildman–Crippen LogP) is 1.33. The maximum atomic E-state index is 10.5. The molecule has 1 saturated heterocycles. The maximum Gasteiger partial charge on any atom is 0.205 e. The molecule has 7 heteroatoms. The summed E-state index contributed by atoms with van der Waals surface area (Å²) in [5, 5.41) is 23.9. The summed E-state index contributed by atoms with van der Waals surface area (Å²) in [7, 11) is 2.01. The Bertz CT molecular complexity index is 407. The van der Waals surface area contributed by atoms with Gasteiger partial charge in [0.25, 0.3) is 0 Å². The highest BCUT2D eigenvalue weighted by Crippen LogP contribution is 2.23. The van der Waals surface area contributed by atoms with Crippen molar-refractivity contribution in [2.75, 3.05) is 38.7 Å². The first-order valence-corrected chi connectivity index (χ1v) is 7.98. The lowest BCUT2D eigenvalue weighted by atomic mass is 9.94. The molecule has 1 aliphatic rings. The van der Waals surface area contributed by atoms with Crippen LogP contribution in [0.3, 0.4) is 0 Å². The lowest BCUT2D eigenvalue weighted by molar-refractivity contribution is -0.0777. The van der Waals surface area contributed by atoms with E-state index in [4.69, 9.17) is 4.74 Å². The second-order valence-electron chi connectivity index (χ2n) is 5.44. The Morgan fingerprint density at radius 2 is 2.15 bits per heavy atom. The van der Waals surface area contributed by atoms with E-state index in [1.165, 1.54) is 0 Å². The minimum atomic E-state index is -0.624. The van der Waals surface area contributed by atoms with E-state index in [0.717, 1.165) is 23.1 Å². The molecule has 0 atom stereocenters. The van der Waals surface area contributed by atoms with Crippen LogP contribution in [-0.2, 0) is 11.3 Å². The van der Waals surface area contributed by atoms with Gasteiger partial charge in [0.05, 0.1) is 12.1 Å². The standard InChI is InChI=1S/C13H24N4O2S/c1-3-6-14-12-16-15-11(20-12)9-17(2)10-13(18)4-7-19-8-5-13/h18H,3-10H2,1-2H3,(H,14,16). The first-order valence-electron chi connectivity index (χ1n) is 7.16. The summed E-state index contributed by atoms with van der Waals surface area (Å²) in [5.41, 5.74) is -0.624. The van der Waals surface area contributed by atoms with Crippen LogP contribution in [0.4, 0.5) is 5.13 Å². The van der Waals surface area contributed by atoms with Gasteiger partial charge >= 0.3 is 0 Å². The van der Waals surface area contributed by atoms with Crippen molar-refractivity contribution in [3.05, 3.63) is 5.01 Å². The zero-order chi connectivity index (χ0) is 14.4. The fraction of sp³-hybridized carbons (Fsp3) is 0.846. The number of hydrogen-bond acceptors (Lipinski definition) is 7. The molecular formula is C13H24N4O2S. The van der Waals surface area contributed by atoms with Crippen molar-refractivity contribution in [2.45, 2.75) is 38.3 Å². The topological polar surface area (TPSA) is 70.5 Å². The minimum absolute atomic E-state index is 0.624. The van der Waals surface area contributed by atoms with Crippen molar-refractivity contribution in [1.82, 2.24) is 15.1 Å². The quantitative estimate of drug-likeness (QED) is 0.792. The summed E-state index contributed by atoms with van der Waals surface area (Å²) in [6.45, 7) is 5.70. The molecule has 2 N–H and O–H groups in total. The van der Waals surface area contributed by atoms with Crippen molar-refractivity contribution >= 4 is 16.5 Å². The first kappa shape index (κ1) is 15.6. The van der Waals surface area contributed by atoms with E-state index in [0.29, 0.717) is 39.1 Å². The summed E-state index contributed by atoms with van der Waals surface area (Å²) in [5.74, 6) is 0. The smallest absolute Gasteiger partial charge is 0.205 e. The second-order valence-corrected chi connectivity index (χ2v) is 6.50. The molecule has 0 amide bonds. The molecule has 0 aromatic carbocycles. The van der Waals surface area contributed by atoms with Crippen LogP contribution in [0.15, 0.2) is 0 Å². The molecule has 0 bridgehead atoms. The van der Waals surface area contributed by atoms with Crippen molar-refractivity contribution < 1.29 is 9.84 Å². The van der Waals surface area contributed by atoms with Gasteiger partial charge in [0.15, 0.2) is 0 Å². The fourth-order valence-electron chi connectivity index (χ4n) is 2.32. The number of nitrogens with zero attached hydrogens (tertiary/aromatic N) is 3. The molecule has 6 nitrogen and oxygen atoms in total. The number of nitrogens with one attached hydrogen (secondary N) is 1. The van der Waals surface area contributed by atoms with E-state index < -0.39 is 5.60 Å². The zero-order valence-corrected chi connectivity index (χ0v) is 13.1. The van der Waals surface area contributed by atoms with Crippen molar-refractivity contribution in [2.24, 2.45) is 0 Å². The fourth-order valence-corrected chi connectivity index (χ4v) is 3.17. The largest absolute Gasteiger partial charge is 0.388 e. The molecule has 1 aliphatic heterocycles. The number of hydrogen-bond donors (Lipinski definition) is 2. The van der Waals surface area contributed by atoms with E-state index in [1.54, 1.807) is 11.3 Å². The summed E-state index contributed by atoms with van der Waals surface area (Å²) in [4.78, 5) is 2.11. The van der Waals surface area contributed by atoms with E-state index in [9.17, 15) is 5.11 Å². The molecule has 20 heavy (non-hydrogen) atoms. The Morgan fingerprint density at radius 1 is 1.40 bits per heavy atom. The number of aromatic nitrogens is 2. The van der Waals surface area contributed by atoms with Gasteiger partial charge in [0.2, 0.25) is 5.13 Å². The second kappa shape index (κ2) is 7.31. The van der Waals surface area contributed by atoms with Crippen LogP contribution in [0.25, 0.3) is 0 Å². The highest BCUT2D eigenvalue weighted by molar-refractivity contribution is 7.15. The van der Waals surface area contributed by atoms with Gasteiger partial charge in [-0.05, 0) is 13.5 Å². The summed E-state index contributed by atoms with van der Waals surface area (Å²) in [6.07, 6.45) is 2.48. The molecule has 0 saturated carbocycles. The third kappa shape index (κ3) is 4.66. The van der Waals surface area contributed by atoms with Gasteiger partial charge in [-0.25, -0.2) is 0 Å². The number of rotatable bonds is 7. The van der Waals surface area contributed by atoms with Crippen molar-refractivity contribution in [3.8, 4) is 0 Å². The molecule has 1 fully saturated rings. The highest BCUT2D eigenvalue weighted by Gasteiger charge is 2.31. The van der Waals surface area contributed by atoms with Crippen molar-refractivity contribution in [1.29, 1.82) is 0 Å². The summed E-state index contributed by atoms with van der Waals surface area (Å²) >= 11 is 1.58. The van der Waals surface area contributed by atoms with Crippen LogP contribution in [-0.4, -0.2) is 59.2 Å². The van der Waals surface area contributed by atoms with Gasteiger partial charge in [0, 0.05) is 39.1 Å². The number of aliphatic hydroxyl groups is 1. The Kier molecular flexibility index (Phi) is 5.71. The normalized spacial score (nSPS) is 18.4. The van der Waals surface area contributed by atoms with Crippen LogP contribution in [0.1, 0.15) is 31.2 Å². The molecule has 0 spiro atoms. The van der Waals surface area contributed by atoms with E-state index in [1.807, 2.05) is 7.05 Å². The van der Waals surface area contributed by atoms with Gasteiger partial charge in [-0.3, -0.25) is 4.90 Å². The van der Waals surface area contributed by atoms with Crippen LogP contribution in [0.5, 0.6) is 0 Å². The first-order chi connectivity index (χ1) is 9.61. The predicted molar refractivity (Wildman–Crippen MR) is 80.0 cm³/mol.